The van der Waals surface area contributed by atoms with Crippen LogP contribution in [0.5, 0.6) is 0 Å². The lowest BCUT2D eigenvalue weighted by atomic mass is 9.71. The molecule has 0 aromatic rings. The van der Waals surface area contributed by atoms with Gasteiger partial charge in [-0.15, -0.1) is 13.2 Å². The Bertz CT molecular complexity index is 1740. The summed E-state index contributed by atoms with van der Waals surface area (Å²) in [7, 11) is 0. The number of hydrogen-bond donors (Lipinski definition) is 0. The maximum Gasteiger partial charge on any atom is 0.523 e. The summed E-state index contributed by atoms with van der Waals surface area (Å²) in [6.45, 7) is 0. The van der Waals surface area contributed by atoms with Crippen LogP contribution in [0.4, 0.5) is 193 Å². The molecule has 0 saturated carbocycles. The van der Waals surface area contributed by atoms with Crippen LogP contribution in [-0.4, -0.2) is 125 Å². The van der Waals surface area contributed by atoms with Crippen molar-refractivity contribution < 1.29 is 198 Å². The van der Waals surface area contributed by atoms with Crippen LogP contribution in [0.15, 0.2) is 0 Å². The fourth-order valence-corrected chi connectivity index (χ4v) is 4.12. The SMILES string of the molecule is FC(F)(F)OC(C(F)(F)C(F)(F)F)(C(F)(F)C(F)(F)C(F)(F)C(F)(F)C(F)(F)C(F)(F)C(F)(F)C(F)(F)F)C(F)(F)C(F)(F)C(F)(F)C(F)(F)C(F)(F)C(F)(F)C(F)(F)C(F)(F)C(F)(F)F. The van der Waals surface area contributed by atoms with Gasteiger partial charge >= 0.3 is 120 Å². The molecule has 1 nitrogen and oxygen atoms in total. The zero-order valence-corrected chi connectivity index (χ0v) is 27.5. The molecule has 0 N–H and O–H groups in total. The second-order valence-electron chi connectivity index (χ2n) is 11.9. The van der Waals surface area contributed by atoms with Crippen molar-refractivity contribution in [2.45, 2.75) is 125 Å². The molecule has 0 saturated heterocycles. The van der Waals surface area contributed by atoms with Crippen LogP contribution < -0.4 is 0 Å². The summed E-state index contributed by atoms with van der Waals surface area (Å²) >= 11 is 0. The molecule has 0 aliphatic rings. The standard InChI is InChI=1S/C21F44O/c22-2(23,5(28,29)7(32,33)9(36,37)11(40,41)13(44,45)15(48,49)17(52,53)20(60,61)62)1(66-21(63,64)65,4(26,27)18(54,55)56)3(24,25)6(30,31)8(34,35)10(38,39)12(42,43)14(46,47)16(50,51)19(57,58)59. The Labute approximate surface area is 324 Å². The number of halogens is 44. The van der Waals surface area contributed by atoms with Crippen molar-refractivity contribution in [2.24, 2.45) is 0 Å². The molecular weight excluding hydrogens is 1100 g/mol. The smallest absolute Gasteiger partial charge is 0.265 e. The van der Waals surface area contributed by atoms with Crippen LogP contribution in [-0.2, 0) is 4.74 Å². The Morgan fingerprint density at radius 2 is 0.258 bits per heavy atom. The molecular formula is C21F44O. The zero-order chi connectivity index (χ0) is 55.2. The molecule has 0 radical (unpaired) electrons. The predicted molar refractivity (Wildman–Crippen MR) is 107 cm³/mol. The van der Waals surface area contributed by atoms with Gasteiger partial charge < -0.3 is 0 Å². The Hall–Kier alpha value is -3.12. The second kappa shape index (κ2) is 14.9. The largest absolute Gasteiger partial charge is 0.523 e. The molecule has 0 aromatic carbocycles. The first-order valence-electron chi connectivity index (χ1n) is 13.5. The van der Waals surface area contributed by atoms with E-state index in [-0.39, 0.29) is 4.74 Å². The van der Waals surface area contributed by atoms with Crippen molar-refractivity contribution in [3.63, 3.8) is 0 Å². The van der Waals surface area contributed by atoms with Gasteiger partial charge in [-0.05, 0) is 0 Å². The van der Waals surface area contributed by atoms with Crippen LogP contribution in [0, 0.1) is 0 Å². The highest BCUT2D eigenvalue weighted by atomic mass is 19.5. The van der Waals surface area contributed by atoms with Gasteiger partial charge in [0, 0.05) is 0 Å². The molecule has 0 rings (SSSR count). The summed E-state index contributed by atoms with van der Waals surface area (Å²) in [5.74, 6) is -170. The minimum absolute atomic E-state index is 0.105. The van der Waals surface area contributed by atoms with Crippen LogP contribution in [0.2, 0.25) is 0 Å². The number of ether oxygens (including phenoxy) is 1. The maximum absolute atomic E-state index is 15.0. The van der Waals surface area contributed by atoms with E-state index in [0.29, 0.717) is 0 Å². The maximum atomic E-state index is 15.0. The lowest BCUT2D eigenvalue weighted by molar-refractivity contribution is -0.549. The number of rotatable bonds is 17. The molecule has 1 unspecified atom stereocenters. The van der Waals surface area contributed by atoms with E-state index in [2.05, 4.69) is 0 Å². The third kappa shape index (κ3) is 7.22. The highest BCUT2D eigenvalue weighted by Gasteiger charge is 3.06. The van der Waals surface area contributed by atoms with Gasteiger partial charge in [-0.1, -0.05) is 0 Å². The van der Waals surface area contributed by atoms with E-state index in [1.54, 1.807) is 0 Å². The molecule has 0 aliphatic heterocycles. The van der Waals surface area contributed by atoms with E-state index >= 15 is 17.6 Å². The van der Waals surface area contributed by atoms with Gasteiger partial charge in [0.25, 0.3) is 5.60 Å². The molecule has 0 amide bonds. The molecule has 66 heavy (non-hydrogen) atoms. The lowest BCUT2D eigenvalue weighted by Crippen LogP contribution is -2.87. The lowest BCUT2D eigenvalue weighted by Gasteiger charge is -2.54. The van der Waals surface area contributed by atoms with Crippen LogP contribution in [0.3, 0.4) is 0 Å². The molecule has 0 spiro atoms. The first kappa shape index (κ1) is 62.9. The monoisotopic (exact) mass is 1100 g/mol. The van der Waals surface area contributed by atoms with Crippen molar-refractivity contribution in [3.8, 4) is 0 Å². The molecule has 45 heteroatoms. The van der Waals surface area contributed by atoms with Gasteiger partial charge in [0.05, 0.1) is 0 Å². The molecule has 1 atom stereocenters. The number of alkyl halides is 44. The van der Waals surface area contributed by atoms with Gasteiger partial charge in [0.2, 0.25) is 0 Å². The quantitative estimate of drug-likeness (QED) is 0.132. The Balaban J connectivity index is 9.37. The second-order valence-corrected chi connectivity index (χ2v) is 11.9. The highest BCUT2D eigenvalue weighted by molar-refractivity contribution is 5.29. The average molecular weight is 1100 g/mol. The summed E-state index contributed by atoms with van der Waals surface area (Å²) in [6.07, 6.45) is -36.9. The molecule has 0 bridgehead atoms. The van der Waals surface area contributed by atoms with Gasteiger partial charge in [-0.25, -0.2) is 0 Å². The predicted octanol–water partition coefficient (Wildman–Crippen LogP) is 14.1. The van der Waals surface area contributed by atoms with Crippen LogP contribution in [0.25, 0.3) is 0 Å². The van der Waals surface area contributed by atoms with E-state index in [0.717, 1.165) is 0 Å². The number of hydrogen-bond acceptors (Lipinski definition) is 1. The van der Waals surface area contributed by atoms with Crippen molar-refractivity contribution in [1.82, 2.24) is 0 Å². The average Bonchev–Trinajstić information content (AvgIpc) is 3.03. The van der Waals surface area contributed by atoms with Crippen molar-refractivity contribution in [3.05, 3.63) is 0 Å². The molecule has 398 valence electrons. The van der Waals surface area contributed by atoms with E-state index in [4.69, 9.17) is 0 Å². The Morgan fingerprint density at radius 3 is 0.379 bits per heavy atom. The fourth-order valence-electron chi connectivity index (χ4n) is 4.12. The third-order valence-corrected chi connectivity index (χ3v) is 7.79. The van der Waals surface area contributed by atoms with Gasteiger partial charge in [-0.2, -0.15) is 180 Å². The van der Waals surface area contributed by atoms with E-state index < -0.39 is 125 Å². The first-order chi connectivity index (χ1) is 27.5. The minimum atomic E-state index is -11.7. The summed E-state index contributed by atoms with van der Waals surface area (Å²) < 4.78 is 600. The minimum Gasteiger partial charge on any atom is -0.265 e. The molecule has 0 heterocycles. The fraction of sp³-hybridized carbons (Fsp3) is 1.00. The van der Waals surface area contributed by atoms with Crippen LogP contribution >= 0.6 is 0 Å². The Kier molecular flexibility index (Phi) is 14.2. The molecule has 0 fully saturated rings. The summed E-state index contributed by atoms with van der Waals surface area (Å²) in [4.78, 5) is 0. The molecule has 0 aliphatic carbocycles. The van der Waals surface area contributed by atoms with Gasteiger partial charge in [0.1, 0.15) is 0 Å². The normalized spacial score (nSPS) is 18.2. The summed E-state index contributed by atoms with van der Waals surface area (Å²) in [6, 6.07) is 0. The first-order valence-corrected chi connectivity index (χ1v) is 13.5. The van der Waals surface area contributed by atoms with Crippen molar-refractivity contribution >= 4 is 0 Å². The zero-order valence-electron chi connectivity index (χ0n) is 27.5. The highest BCUT2D eigenvalue weighted by Crippen LogP contribution is 2.74. The van der Waals surface area contributed by atoms with Crippen LogP contribution in [0.1, 0.15) is 0 Å². The van der Waals surface area contributed by atoms with E-state index in [1.165, 1.54) is 0 Å². The summed E-state index contributed by atoms with van der Waals surface area (Å²) in [5.41, 5.74) is -11.7. The molecule has 0 aromatic heterocycles. The van der Waals surface area contributed by atoms with Gasteiger partial charge in [0.15, 0.2) is 0 Å². The van der Waals surface area contributed by atoms with E-state index in [9.17, 15) is 176 Å². The van der Waals surface area contributed by atoms with Gasteiger partial charge in [-0.3, -0.25) is 4.74 Å². The topological polar surface area (TPSA) is 9.23 Å². The Morgan fingerprint density at radius 1 is 0.136 bits per heavy atom. The van der Waals surface area contributed by atoms with E-state index in [1.807, 2.05) is 0 Å². The third-order valence-electron chi connectivity index (χ3n) is 7.79. The van der Waals surface area contributed by atoms with Crippen molar-refractivity contribution in [1.29, 1.82) is 0 Å². The van der Waals surface area contributed by atoms with Crippen molar-refractivity contribution in [2.75, 3.05) is 0 Å². The summed E-state index contributed by atoms with van der Waals surface area (Å²) in [5, 5.41) is 0.